The number of carbonyl (C=O) groups is 1. The summed E-state index contributed by atoms with van der Waals surface area (Å²) in [4.78, 5) is 12.6. The summed E-state index contributed by atoms with van der Waals surface area (Å²) >= 11 is 7.57. The largest absolute Gasteiger partial charge is 0.394 e. The van der Waals surface area contributed by atoms with E-state index in [2.05, 4.69) is 5.32 Å². The molecule has 0 aliphatic carbocycles. The molecule has 2 rings (SSSR count). The fourth-order valence-electron chi connectivity index (χ4n) is 1.56. The molecule has 0 spiro atoms. The van der Waals surface area contributed by atoms with Crippen molar-refractivity contribution in [3.63, 3.8) is 0 Å². The number of thiophene rings is 1. The molecule has 0 aliphatic heterocycles. The fraction of sp³-hybridized carbons (Fsp3) is 0.308. The van der Waals surface area contributed by atoms with E-state index in [0.717, 1.165) is 10.1 Å². The molecule has 5 heteroatoms. The van der Waals surface area contributed by atoms with E-state index in [-0.39, 0.29) is 12.5 Å². The standard InChI is InChI=1S/C13H14ClNO2S/c1-13(2,7-16)15-12(17)11-10(14)8-5-3-4-6-9(8)18-11/h3-6,16H,7H2,1-2H3,(H,15,17). The molecule has 2 N–H and O–H groups in total. The summed E-state index contributed by atoms with van der Waals surface area (Å²) in [5.41, 5.74) is -0.656. The molecule has 0 radical (unpaired) electrons. The van der Waals surface area contributed by atoms with Gasteiger partial charge in [0.05, 0.1) is 17.2 Å². The lowest BCUT2D eigenvalue weighted by atomic mass is 10.1. The molecule has 96 valence electrons. The van der Waals surface area contributed by atoms with Crippen molar-refractivity contribution in [2.45, 2.75) is 19.4 Å². The first-order chi connectivity index (χ1) is 8.44. The Bertz CT molecular complexity index is 592. The van der Waals surface area contributed by atoms with E-state index >= 15 is 0 Å². The van der Waals surface area contributed by atoms with Crippen molar-refractivity contribution in [3.05, 3.63) is 34.2 Å². The van der Waals surface area contributed by atoms with Gasteiger partial charge >= 0.3 is 0 Å². The summed E-state index contributed by atoms with van der Waals surface area (Å²) in [6, 6.07) is 7.62. The summed E-state index contributed by atoms with van der Waals surface area (Å²) in [6.45, 7) is 3.39. The second-order valence-corrected chi connectivity index (χ2v) is 6.17. The van der Waals surface area contributed by atoms with Crippen molar-refractivity contribution in [2.75, 3.05) is 6.61 Å². The van der Waals surface area contributed by atoms with E-state index in [1.165, 1.54) is 11.3 Å². The van der Waals surface area contributed by atoms with Gasteiger partial charge in [0.2, 0.25) is 0 Å². The summed E-state index contributed by atoms with van der Waals surface area (Å²) in [5, 5.41) is 13.3. The summed E-state index contributed by atoms with van der Waals surface area (Å²) in [6.07, 6.45) is 0. The van der Waals surface area contributed by atoms with Crippen molar-refractivity contribution in [2.24, 2.45) is 0 Å². The Balaban J connectivity index is 2.37. The molecule has 18 heavy (non-hydrogen) atoms. The van der Waals surface area contributed by atoms with Crippen LogP contribution < -0.4 is 5.32 Å². The first-order valence-electron chi connectivity index (χ1n) is 5.55. The molecule has 0 atom stereocenters. The van der Waals surface area contributed by atoms with Crippen LogP contribution in [0.2, 0.25) is 5.02 Å². The van der Waals surface area contributed by atoms with Gasteiger partial charge in [-0.1, -0.05) is 29.8 Å². The highest BCUT2D eigenvalue weighted by atomic mass is 35.5. The van der Waals surface area contributed by atoms with E-state index < -0.39 is 5.54 Å². The van der Waals surface area contributed by atoms with Gasteiger partial charge in [0.25, 0.3) is 5.91 Å². The Hall–Kier alpha value is -1.10. The van der Waals surface area contributed by atoms with Gasteiger partial charge in [0.15, 0.2) is 0 Å². The average molecular weight is 284 g/mol. The minimum absolute atomic E-state index is 0.124. The van der Waals surface area contributed by atoms with Crippen LogP contribution in [0, 0.1) is 0 Å². The van der Waals surface area contributed by atoms with Crippen LogP contribution in [0.1, 0.15) is 23.5 Å². The number of aliphatic hydroxyl groups excluding tert-OH is 1. The second kappa shape index (κ2) is 4.88. The number of nitrogens with one attached hydrogen (secondary N) is 1. The van der Waals surface area contributed by atoms with E-state index in [0.29, 0.717) is 9.90 Å². The number of aliphatic hydroxyl groups is 1. The Morgan fingerprint density at radius 1 is 1.44 bits per heavy atom. The minimum atomic E-state index is -0.656. The normalized spacial score (nSPS) is 11.8. The number of fused-ring (bicyclic) bond motifs is 1. The van der Waals surface area contributed by atoms with Crippen LogP contribution in [0.25, 0.3) is 10.1 Å². The molecule has 1 aromatic heterocycles. The summed E-state index contributed by atoms with van der Waals surface area (Å²) in [7, 11) is 0. The van der Waals surface area contributed by atoms with Crippen LogP contribution in [0.4, 0.5) is 0 Å². The SMILES string of the molecule is CC(C)(CO)NC(=O)c1sc2ccccc2c1Cl. The minimum Gasteiger partial charge on any atom is -0.394 e. The Kier molecular flexibility index (Phi) is 3.61. The van der Waals surface area contributed by atoms with Gasteiger partial charge in [0.1, 0.15) is 4.88 Å². The third-order valence-electron chi connectivity index (χ3n) is 2.59. The maximum Gasteiger partial charge on any atom is 0.263 e. The molecular formula is C13H14ClNO2S. The molecule has 2 aromatic rings. The lowest BCUT2D eigenvalue weighted by Crippen LogP contribution is -2.46. The van der Waals surface area contributed by atoms with Gasteiger partial charge in [-0.05, 0) is 19.9 Å². The lowest BCUT2D eigenvalue weighted by Gasteiger charge is -2.23. The second-order valence-electron chi connectivity index (χ2n) is 4.74. The molecule has 0 aliphatic rings. The number of hydrogen-bond acceptors (Lipinski definition) is 3. The van der Waals surface area contributed by atoms with E-state index in [1.807, 2.05) is 24.3 Å². The van der Waals surface area contributed by atoms with Gasteiger partial charge in [-0.3, -0.25) is 4.79 Å². The third kappa shape index (κ3) is 2.51. The highest BCUT2D eigenvalue weighted by Gasteiger charge is 2.23. The number of hydrogen-bond donors (Lipinski definition) is 2. The number of benzene rings is 1. The molecule has 1 amide bonds. The zero-order valence-corrected chi connectivity index (χ0v) is 11.7. The molecule has 0 unspecified atom stereocenters. The van der Waals surface area contributed by atoms with Crippen LogP contribution in [0.5, 0.6) is 0 Å². The highest BCUT2D eigenvalue weighted by Crippen LogP contribution is 2.35. The zero-order chi connectivity index (χ0) is 13.3. The van der Waals surface area contributed by atoms with Crippen molar-refractivity contribution < 1.29 is 9.90 Å². The first kappa shape index (κ1) is 13.3. The monoisotopic (exact) mass is 283 g/mol. The predicted molar refractivity (Wildman–Crippen MR) is 75.5 cm³/mol. The predicted octanol–water partition coefficient (Wildman–Crippen LogP) is 3.06. The molecule has 0 saturated carbocycles. The van der Waals surface area contributed by atoms with Crippen LogP contribution in [0.15, 0.2) is 24.3 Å². The molecule has 1 heterocycles. The van der Waals surface area contributed by atoms with E-state index in [9.17, 15) is 4.79 Å². The average Bonchev–Trinajstić information content (AvgIpc) is 2.67. The van der Waals surface area contributed by atoms with Gasteiger partial charge in [0, 0.05) is 10.1 Å². The molecule has 0 saturated heterocycles. The summed E-state index contributed by atoms with van der Waals surface area (Å²) in [5.74, 6) is -0.250. The number of halogens is 1. The Morgan fingerprint density at radius 3 is 2.72 bits per heavy atom. The van der Waals surface area contributed by atoms with Crippen LogP contribution in [-0.4, -0.2) is 23.2 Å². The van der Waals surface area contributed by atoms with Crippen LogP contribution in [-0.2, 0) is 0 Å². The first-order valence-corrected chi connectivity index (χ1v) is 6.74. The van der Waals surface area contributed by atoms with Crippen LogP contribution in [0.3, 0.4) is 0 Å². The maximum atomic E-state index is 12.1. The smallest absolute Gasteiger partial charge is 0.263 e. The molecule has 3 nitrogen and oxygen atoms in total. The highest BCUT2D eigenvalue weighted by molar-refractivity contribution is 7.21. The molecule has 0 fully saturated rings. The Morgan fingerprint density at radius 2 is 2.11 bits per heavy atom. The number of rotatable bonds is 3. The van der Waals surface area contributed by atoms with Gasteiger partial charge < -0.3 is 10.4 Å². The van der Waals surface area contributed by atoms with E-state index in [1.54, 1.807) is 13.8 Å². The zero-order valence-electron chi connectivity index (χ0n) is 10.2. The van der Waals surface area contributed by atoms with Gasteiger partial charge in [-0.25, -0.2) is 0 Å². The Labute approximate surface area is 114 Å². The number of amides is 1. The van der Waals surface area contributed by atoms with E-state index in [4.69, 9.17) is 16.7 Å². The molecular weight excluding hydrogens is 270 g/mol. The van der Waals surface area contributed by atoms with Gasteiger partial charge in [-0.15, -0.1) is 11.3 Å². The summed E-state index contributed by atoms with van der Waals surface area (Å²) < 4.78 is 0.981. The molecule has 1 aromatic carbocycles. The van der Waals surface area contributed by atoms with Crippen molar-refractivity contribution in [1.29, 1.82) is 0 Å². The van der Waals surface area contributed by atoms with Crippen molar-refractivity contribution >= 4 is 38.9 Å². The number of carbonyl (C=O) groups excluding carboxylic acids is 1. The third-order valence-corrected chi connectivity index (χ3v) is 4.26. The van der Waals surface area contributed by atoms with Crippen LogP contribution >= 0.6 is 22.9 Å². The quantitative estimate of drug-likeness (QED) is 0.909. The topological polar surface area (TPSA) is 49.3 Å². The lowest BCUT2D eigenvalue weighted by molar-refractivity contribution is 0.0874. The van der Waals surface area contributed by atoms with Crippen molar-refractivity contribution in [3.8, 4) is 0 Å². The van der Waals surface area contributed by atoms with Crippen molar-refractivity contribution in [1.82, 2.24) is 5.32 Å². The van der Waals surface area contributed by atoms with Gasteiger partial charge in [-0.2, -0.15) is 0 Å². The molecule has 0 bridgehead atoms. The maximum absolute atomic E-state index is 12.1. The fourth-order valence-corrected chi connectivity index (χ4v) is 2.98.